The third-order valence-corrected chi connectivity index (χ3v) is 6.32. The number of carbonyl (C=O) groups excluding carboxylic acids is 1. The zero-order chi connectivity index (χ0) is 21.0. The highest BCUT2D eigenvalue weighted by molar-refractivity contribution is 14.1. The lowest BCUT2D eigenvalue weighted by atomic mass is 10.1. The smallest absolute Gasteiger partial charge is 0.234 e. The summed E-state index contributed by atoms with van der Waals surface area (Å²) in [6.45, 7) is 6.40. The second-order valence-electron chi connectivity index (χ2n) is 6.74. The largest absolute Gasteiger partial charge is 0.485 e. The van der Waals surface area contributed by atoms with Crippen LogP contribution in [0.3, 0.4) is 0 Å². The number of aryl methyl sites for hydroxylation is 2. The van der Waals surface area contributed by atoms with Gasteiger partial charge in [0.25, 0.3) is 0 Å². The summed E-state index contributed by atoms with van der Waals surface area (Å²) in [5.74, 6) is 1.74. The van der Waals surface area contributed by atoms with E-state index in [4.69, 9.17) is 4.74 Å². The normalized spacial score (nSPS) is 10.8. The maximum Gasteiger partial charge on any atom is 0.234 e. The van der Waals surface area contributed by atoms with Crippen LogP contribution < -0.4 is 10.1 Å². The van der Waals surface area contributed by atoms with E-state index < -0.39 is 0 Å². The SMILES string of the molecule is Cc1cc(I)ccc1NC(=O)CSc1nnc(COc2cccc(C)c2C)n1C. The minimum Gasteiger partial charge on any atom is -0.485 e. The average molecular weight is 522 g/mol. The maximum atomic E-state index is 12.3. The summed E-state index contributed by atoms with van der Waals surface area (Å²) in [4.78, 5) is 12.3. The molecule has 1 N–H and O–H groups in total. The highest BCUT2D eigenvalue weighted by Crippen LogP contribution is 2.23. The lowest BCUT2D eigenvalue weighted by Crippen LogP contribution is -2.15. The number of hydrogen-bond donors (Lipinski definition) is 1. The lowest BCUT2D eigenvalue weighted by molar-refractivity contribution is -0.113. The molecule has 29 heavy (non-hydrogen) atoms. The quantitative estimate of drug-likeness (QED) is 0.361. The van der Waals surface area contributed by atoms with Gasteiger partial charge in [-0.3, -0.25) is 4.79 Å². The molecule has 0 saturated carbocycles. The summed E-state index contributed by atoms with van der Waals surface area (Å²) in [5, 5.41) is 12.0. The Kier molecular flexibility index (Phi) is 7.18. The first-order chi connectivity index (χ1) is 13.8. The molecule has 2 aromatic carbocycles. The maximum absolute atomic E-state index is 12.3. The third-order valence-electron chi connectivity index (χ3n) is 4.63. The van der Waals surface area contributed by atoms with Gasteiger partial charge in [0.05, 0.1) is 5.75 Å². The molecule has 0 spiro atoms. The molecule has 8 heteroatoms. The Balaban J connectivity index is 1.56. The Morgan fingerprint density at radius 3 is 2.72 bits per heavy atom. The van der Waals surface area contributed by atoms with Crippen LogP contribution in [0.4, 0.5) is 5.69 Å². The number of benzene rings is 2. The Labute approximate surface area is 188 Å². The summed E-state index contributed by atoms with van der Waals surface area (Å²) >= 11 is 3.61. The molecular formula is C21H23IN4O2S. The van der Waals surface area contributed by atoms with Crippen LogP contribution in [0.5, 0.6) is 5.75 Å². The van der Waals surface area contributed by atoms with Crippen LogP contribution in [0.15, 0.2) is 41.6 Å². The number of halogens is 1. The van der Waals surface area contributed by atoms with Crippen molar-refractivity contribution in [3.63, 3.8) is 0 Å². The van der Waals surface area contributed by atoms with Crippen LogP contribution in [0.25, 0.3) is 0 Å². The van der Waals surface area contributed by atoms with Gasteiger partial charge in [-0.2, -0.15) is 0 Å². The molecule has 1 heterocycles. The first-order valence-corrected chi connectivity index (χ1v) is 11.2. The van der Waals surface area contributed by atoms with Crippen molar-refractivity contribution >= 4 is 45.9 Å². The van der Waals surface area contributed by atoms with Crippen molar-refractivity contribution in [1.82, 2.24) is 14.8 Å². The fraction of sp³-hybridized carbons (Fsp3) is 0.286. The zero-order valence-electron chi connectivity index (χ0n) is 16.8. The molecule has 152 valence electrons. The molecule has 0 saturated heterocycles. The minimum atomic E-state index is -0.0736. The van der Waals surface area contributed by atoms with E-state index in [-0.39, 0.29) is 11.7 Å². The molecule has 0 atom stereocenters. The number of hydrogen-bond acceptors (Lipinski definition) is 5. The van der Waals surface area contributed by atoms with Gasteiger partial charge < -0.3 is 14.6 Å². The van der Waals surface area contributed by atoms with E-state index in [9.17, 15) is 4.79 Å². The van der Waals surface area contributed by atoms with E-state index >= 15 is 0 Å². The Hall–Kier alpha value is -2.07. The molecule has 1 amide bonds. The second-order valence-corrected chi connectivity index (χ2v) is 8.93. The third kappa shape index (κ3) is 5.51. The molecule has 0 aliphatic heterocycles. The number of carbonyl (C=O) groups is 1. The van der Waals surface area contributed by atoms with E-state index in [1.54, 1.807) is 0 Å². The van der Waals surface area contributed by atoms with E-state index in [2.05, 4.69) is 51.1 Å². The summed E-state index contributed by atoms with van der Waals surface area (Å²) in [6, 6.07) is 11.9. The standard InChI is InChI=1S/C21H23IN4O2S/c1-13-6-5-7-18(15(13)3)28-11-19-24-25-21(26(19)4)29-12-20(27)23-17-9-8-16(22)10-14(17)2/h5-10H,11-12H2,1-4H3,(H,23,27). The molecular weight excluding hydrogens is 499 g/mol. The van der Waals surface area contributed by atoms with Crippen LogP contribution >= 0.6 is 34.4 Å². The fourth-order valence-electron chi connectivity index (χ4n) is 2.70. The summed E-state index contributed by atoms with van der Waals surface area (Å²) in [6.07, 6.45) is 0. The molecule has 1 aromatic heterocycles. The van der Waals surface area contributed by atoms with Crippen molar-refractivity contribution in [3.8, 4) is 5.75 Å². The van der Waals surface area contributed by atoms with Crippen molar-refractivity contribution in [2.75, 3.05) is 11.1 Å². The van der Waals surface area contributed by atoms with Gasteiger partial charge in [0.2, 0.25) is 5.91 Å². The van der Waals surface area contributed by atoms with Crippen molar-refractivity contribution < 1.29 is 9.53 Å². The topological polar surface area (TPSA) is 69.0 Å². The molecule has 0 aliphatic carbocycles. The molecule has 0 aliphatic rings. The highest BCUT2D eigenvalue weighted by atomic mass is 127. The van der Waals surface area contributed by atoms with Crippen LogP contribution in [0.1, 0.15) is 22.5 Å². The van der Waals surface area contributed by atoms with Crippen LogP contribution in [-0.2, 0) is 18.4 Å². The Bertz CT molecular complexity index is 1040. The average Bonchev–Trinajstić information content (AvgIpc) is 3.03. The Morgan fingerprint density at radius 2 is 1.97 bits per heavy atom. The van der Waals surface area contributed by atoms with Gasteiger partial charge in [0, 0.05) is 16.3 Å². The first-order valence-electron chi connectivity index (χ1n) is 9.11. The predicted molar refractivity (Wildman–Crippen MR) is 125 cm³/mol. The van der Waals surface area contributed by atoms with E-state index in [1.165, 1.54) is 17.3 Å². The second kappa shape index (κ2) is 9.62. The molecule has 0 unspecified atom stereocenters. The molecule has 0 radical (unpaired) electrons. The number of rotatable bonds is 7. The van der Waals surface area contributed by atoms with Gasteiger partial charge in [-0.25, -0.2) is 0 Å². The number of anilines is 1. The van der Waals surface area contributed by atoms with Crippen LogP contribution in [0, 0.1) is 24.3 Å². The van der Waals surface area contributed by atoms with Crippen LogP contribution in [-0.4, -0.2) is 26.4 Å². The number of nitrogens with zero attached hydrogens (tertiary/aromatic N) is 3. The molecule has 0 fully saturated rings. The highest BCUT2D eigenvalue weighted by Gasteiger charge is 2.13. The van der Waals surface area contributed by atoms with Crippen molar-refractivity contribution in [3.05, 3.63) is 62.5 Å². The summed E-state index contributed by atoms with van der Waals surface area (Å²) < 4.78 is 8.91. The van der Waals surface area contributed by atoms with Gasteiger partial charge >= 0.3 is 0 Å². The molecule has 6 nitrogen and oxygen atoms in total. The summed E-state index contributed by atoms with van der Waals surface area (Å²) in [7, 11) is 1.88. The van der Waals surface area contributed by atoms with Crippen LogP contribution in [0.2, 0.25) is 0 Å². The van der Waals surface area contributed by atoms with E-state index in [1.807, 2.05) is 55.8 Å². The molecule has 0 bridgehead atoms. The molecule has 3 rings (SSSR count). The van der Waals surface area contributed by atoms with E-state index in [0.717, 1.165) is 26.1 Å². The van der Waals surface area contributed by atoms with Crippen molar-refractivity contribution in [1.29, 1.82) is 0 Å². The predicted octanol–water partition coefficient (Wildman–Crippen LogP) is 4.65. The van der Waals surface area contributed by atoms with Crippen molar-refractivity contribution in [2.45, 2.75) is 32.5 Å². The zero-order valence-corrected chi connectivity index (χ0v) is 19.8. The molecule has 3 aromatic rings. The number of thioether (sulfide) groups is 1. The summed E-state index contributed by atoms with van der Waals surface area (Å²) in [5.41, 5.74) is 4.18. The van der Waals surface area contributed by atoms with Crippen molar-refractivity contribution in [2.24, 2.45) is 7.05 Å². The van der Waals surface area contributed by atoms with Gasteiger partial charge in [-0.15, -0.1) is 10.2 Å². The van der Waals surface area contributed by atoms with Gasteiger partial charge in [0.15, 0.2) is 11.0 Å². The van der Waals surface area contributed by atoms with Gasteiger partial charge in [-0.05, 0) is 84.3 Å². The Morgan fingerprint density at radius 1 is 1.17 bits per heavy atom. The monoisotopic (exact) mass is 522 g/mol. The minimum absolute atomic E-state index is 0.0736. The number of amides is 1. The number of nitrogens with one attached hydrogen (secondary N) is 1. The lowest BCUT2D eigenvalue weighted by Gasteiger charge is -2.11. The van der Waals surface area contributed by atoms with E-state index in [0.29, 0.717) is 17.6 Å². The fourth-order valence-corrected chi connectivity index (χ4v) is 4.08. The number of aromatic nitrogens is 3. The number of ether oxygens (including phenoxy) is 1. The van der Waals surface area contributed by atoms with Gasteiger partial charge in [0.1, 0.15) is 12.4 Å². The van der Waals surface area contributed by atoms with Gasteiger partial charge in [-0.1, -0.05) is 23.9 Å². The first kappa shape index (κ1) is 21.6.